The molecule has 2 atom stereocenters. The average Bonchev–Trinajstić information content (AvgIpc) is 2.79. The summed E-state index contributed by atoms with van der Waals surface area (Å²) >= 11 is 3.13. The van der Waals surface area contributed by atoms with Crippen molar-refractivity contribution in [3.63, 3.8) is 0 Å². The van der Waals surface area contributed by atoms with Gasteiger partial charge in [-0.15, -0.1) is 0 Å². The number of fused-ring (bicyclic) bond motifs is 2. The van der Waals surface area contributed by atoms with E-state index in [1.54, 1.807) is 30.1 Å². The van der Waals surface area contributed by atoms with Gasteiger partial charge in [-0.1, -0.05) is 6.07 Å². The maximum absolute atomic E-state index is 14.0. The van der Waals surface area contributed by atoms with Crippen LogP contribution in [-0.4, -0.2) is 36.0 Å². The minimum atomic E-state index is -0.471. The molecule has 20 heavy (non-hydrogen) atoms. The highest BCUT2D eigenvalue weighted by molar-refractivity contribution is 9.10. The van der Waals surface area contributed by atoms with Crippen LogP contribution < -0.4 is 5.32 Å². The molecule has 0 radical (unpaired) electrons. The Morgan fingerprint density at radius 1 is 1.35 bits per heavy atom. The standard InChI is InChI=1S/C15H18BrFN2O/c1-19(11-7-9-5-6-10(8-11)18-9)15(20)12-3-2-4-13(16)14(12)17/h2-4,9-11,18H,5-8H2,1H3. The van der Waals surface area contributed by atoms with Gasteiger partial charge >= 0.3 is 0 Å². The molecule has 0 aliphatic carbocycles. The van der Waals surface area contributed by atoms with E-state index in [0.29, 0.717) is 16.6 Å². The lowest BCUT2D eigenvalue weighted by atomic mass is 9.98. The van der Waals surface area contributed by atoms with E-state index in [0.717, 1.165) is 12.8 Å². The fraction of sp³-hybridized carbons (Fsp3) is 0.533. The van der Waals surface area contributed by atoms with E-state index in [4.69, 9.17) is 0 Å². The number of halogens is 2. The largest absolute Gasteiger partial charge is 0.339 e. The minimum absolute atomic E-state index is 0.146. The zero-order chi connectivity index (χ0) is 14.3. The summed E-state index contributed by atoms with van der Waals surface area (Å²) in [5.41, 5.74) is 0.146. The third-order valence-electron chi connectivity index (χ3n) is 4.50. The molecule has 2 unspecified atom stereocenters. The molecule has 2 bridgehead atoms. The van der Waals surface area contributed by atoms with E-state index < -0.39 is 5.82 Å². The van der Waals surface area contributed by atoms with Crippen LogP contribution in [0.5, 0.6) is 0 Å². The highest BCUT2D eigenvalue weighted by Crippen LogP contribution is 2.30. The van der Waals surface area contributed by atoms with Crippen LogP contribution >= 0.6 is 15.9 Å². The predicted octanol–water partition coefficient (Wildman–Crippen LogP) is 2.94. The number of amides is 1. The number of carbonyl (C=O) groups excluding carboxylic acids is 1. The van der Waals surface area contributed by atoms with Crippen LogP contribution in [0.4, 0.5) is 4.39 Å². The van der Waals surface area contributed by atoms with Crippen molar-refractivity contribution in [2.45, 2.75) is 43.8 Å². The van der Waals surface area contributed by atoms with Crippen LogP contribution in [0, 0.1) is 5.82 Å². The maximum Gasteiger partial charge on any atom is 0.256 e. The smallest absolute Gasteiger partial charge is 0.256 e. The molecule has 3 nitrogen and oxygen atoms in total. The van der Waals surface area contributed by atoms with Gasteiger partial charge in [-0.05, 0) is 53.7 Å². The third-order valence-corrected chi connectivity index (χ3v) is 5.11. The average molecular weight is 341 g/mol. The van der Waals surface area contributed by atoms with Crippen molar-refractivity contribution in [3.8, 4) is 0 Å². The molecule has 0 saturated carbocycles. The second-order valence-electron chi connectivity index (χ2n) is 5.78. The number of nitrogens with zero attached hydrogens (tertiary/aromatic N) is 1. The Balaban J connectivity index is 1.78. The van der Waals surface area contributed by atoms with Crippen LogP contribution in [0.2, 0.25) is 0 Å². The van der Waals surface area contributed by atoms with E-state index >= 15 is 0 Å². The topological polar surface area (TPSA) is 32.3 Å². The van der Waals surface area contributed by atoms with Gasteiger partial charge in [-0.25, -0.2) is 4.39 Å². The second kappa shape index (κ2) is 5.45. The lowest BCUT2D eigenvalue weighted by molar-refractivity contribution is 0.0677. The Morgan fingerprint density at radius 2 is 2.00 bits per heavy atom. The van der Waals surface area contributed by atoms with Gasteiger partial charge in [0.05, 0.1) is 10.0 Å². The molecule has 1 N–H and O–H groups in total. The summed E-state index contributed by atoms with van der Waals surface area (Å²) in [5.74, 6) is -0.698. The van der Waals surface area contributed by atoms with Crippen LogP contribution in [0.25, 0.3) is 0 Å². The van der Waals surface area contributed by atoms with Gasteiger partial charge in [-0.2, -0.15) is 0 Å². The van der Waals surface area contributed by atoms with E-state index in [1.807, 2.05) is 0 Å². The van der Waals surface area contributed by atoms with Crippen molar-refractivity contribution in [1.29, 1.82) is 0 Å². The fourth-order valence-corrected chi connectivity index (χ4v) is 3.73. The summed E-state index contributed by atoms with van der Waals surface area (Å²) in [6.45, 7) is 0. The van der Waals surface area contributed by atoms with Crippen LogP contribution in [0.3, 0.4) is 0 Å². The number of benzene rings is 1. The lowest BCUT2D eigenvalue weighted by Gasteiger charge is -2.35. The summed E-state index contributed by atoms with van der Waals surface area (Å²) in [5, 5.41) is 3.55. The minimum Gasteiger partial charge on any atom is -0.339 e. The van der Waals surface area contributed by atoms with Gasteiger partial charge in [0.15, 0.2) is 0 Å². The number of rotatable bonds is 2. The predicted molar refractivity (Wildman–Crippen MR) is 79.2 cm³/mol. The summed E-state index contributed by atoms with van der Waals surface area (Å²) in [7, 11) is 1.79. The van der Waals surface area contributed by atoms with Gasteiger partial charge in [0.1, 0.15) is 5.82 Å². The van der Waals surface area contributed by atoms with Crippen LogP contribution in [0.15, 0.2) is 22.7 Å². The highest BCUT2D eigenvalue weighted by atomic mass is 79.9. The second-order valence-corrected chi connectivity index (χ2v) is 6.63. The number of carbonyl (C=O) groups is 1. The first kappa shape index (κ1) is 14.0. The lowest BCUT2D eigenvalue weighted by Crippen LogP contribution is -2.48. The summed E-state index contributed by atoms with van der Waals surface area (Å²) < 4.78 is 14.4. The van der Waals surface area contributed by atoms with Gasteiger partial charge in [-0.3, -0.25) is 4.79 Å². The van der Waals surface area contributed by atoms with Crippen molar-refractivity contribution in [3.05, 3.63) is 34.1 Å². The van der Waals surface area contributed by atoms with Gasteiger partial charge in [0.2, 0.25) is 0 Å². The molecule has 2 heterocycles. The van der Waals surface area contributed by atoms with E-state index in [-0.39, 0.29) is 17.5 Å². The summed E-state index contributed by atoms with van der Waals surface area (Å²) in [6, 6.07) is 6.09. The first-order valence-electron chi connectivity index (χ1n) is 7.03. The molecule has 0 aromatic heterocycles. The molecule has 1 aromatic carbocycles. The molecule has 2 aliphatic heterocycles. The fourth-order valence-electron chi connectivity index (χ4n) is 3.37. The first-order chi connectivity index (χ1) is 9.56. The van der Waals surface area contributed by atoms with E-state index in [2.05, 4.69) is 21.2 Å². The van der Waals surface area contributed by atoms with Crippen molar-refractivity contribution in [2.24, 2.45) is 0 Å². The number of hydrogen-bond donors (Lipinski definition) is 1. The van der Waals surface area contributed by atoms with Crippen molar-refractivity contribution in [2.75, 3.05) is 7.05 Å². The van der Waals surface area contributed by atoms with E-state index in [9.17, 15) is 9.18 Å². The van der Waals surface area contributed by atoms with E-state index in [1.165, 1.54) is 12.8 Å². The monoisotopic (exact) mass is 340 g/mol. The Bertz CT molecular complexity index is 525. The number of nitrogens with one attached hydrogen (secondary N) is 1. The molecular formula is C15H18BrFN2O. The highest BCUT2D eigenvalue weighted by Gasteiger charge is 2.36. The van der Waals surface area contributed by atoms with Crippen LogP contribution in [0.1, 0.15) is 36.0 Å². The van der Waals surface area contributed by atoms with Crippen molar-refractivity contribution >= 4 is 21.8 Å². The normalized spacial score (nSPS) is 28.4. The number of piperidine rings is 1. The molecule has 1 amide bonds. The summed E-state index contributed by atoms with van der Waals surface area (Å²) in [6.07, 6.45) is 4.31. The van der Waals surface area contributed by atoms with Crippen molar-refractivity contribution in [1.82, 2.24) is 10.2 Å². The van der Waals surface area contributed by atoms with Crippen LogP contribution in [-0.2, 0) is 0 Å². The SMILES string of the molecule is CN(C(=O)c1cccc(Br)c1F)C1CC2CCC(C1)N2. The molecule has 0 spiro atoms. The Kier molecular flexibility index (Phi) is 3.82. The Morgan fingerprint density at radius 3 is 2.65 bits per heavy atom. The van der Waals surface area contributed by atoms with Gasteiger partial charge < -0.3 is 10.2 Å². The zero-order valence-corrected chi connectivity index (χ0v) is 13.0. The molecule has 1 aromatic rings. The quantitative estimate of drug-likeness (QED) is 0.897. The third kappa shape index (κ3) is 2.49. The molecular weight excluding hydrogens is 323 g/mol. The maximum atomic E-state index is 14.0. The first-order valence-corrected chi connectivity index (χ1v) is 7.82. The molecule has 2 fully saturated rings. The van der Waals surface area contributed by atoms with Gasteiger partial charge in [0, 0.05) is 25.2 Å². The molecule has 5 heteroatoms. The number of hydrogen-bond acceptors (Lipinski definition) is 2. The Labute approximate surface area is 126 Å². The molecule has 2 saturated heterocycles. The summed E-state index contributed by atoms with van der Waals surface area (Å²) in [4.78, 5) is 14.2. The Hall–Kier alpha value is -0.940. The van der Waals surface area contributed by atoms with Crippen molar-refractivity contribution < 1.29 is 9.18 Å². The zero-order valence-electron chi connectivity index (χ0n) is 11.4. The molecule has 3 rings (SSSR count). The van der Waals surface area contributed by atoms with Gasteiger partial charge in [0.25, 0.3) is 5.91 Å². The molecule has 2 aliphatic rings. The molecule has 108 valence electrons.